The Morgan fingerprint density at radius 2 is 0.908 bits per heavy atom. The Morgan fingerprint density at radius 1 is 0.552 bits per heavy atom. The van der Waals surface area contributed by atoms with E-state index in [9.17, 15) is 23.5 Å². The van der Waals surface area contributed by atoms with Crippen molar-refractivity contribution in [2.45, 2.75) is 224 Å². The molecule has 4 aliphatic carbocycles. The Morgan fingerprint density at radius 3 is 1.25 bits per heavy atom. The van der Waals surface area contributed by atoms with Gasteiger partial charge in [-0.25, -0.2) is 18.5 Å². The summed E-state index contributed by atoms with van der Waals surface area (Å²) in [6.45, 7) is 31.5. The molecule has 0 bridgehead atoms. The lowest BCUT2D eigenvalue weighted by molar-refractivity contribution is -0.120. The van der Waals surface area contributed by atoms with Gasteiger partial charge in [0.15, 0.2) is 13.5 Å². The summed E-state index contributed by atoms with van der Waals surface area (Å²) in [5.41, 5.74) is 12.2. The molecular weight excluding hydrogens is 1150 g/mol. The topological polar surface area (TPSA) is 256 Å². The molecule has 0 saturated heterocycles. The number of hydrogen-bond acceptors (Lipinski definition) is 15. The minimum absolute atomic E-state index is 0.0920. The van der Waals surface area contributed by atoms with Gasteiger partial charge in [-0.2, -0.15) is 15.3 Å². The quantitative estimate of drug-likeness (QED) is 0.0396. The van der Waals surface area contributed by atoms with Crippen molar-refractivity contribution in [3.63, 3.8) is 0 Å². The van der Waals surface area contributed by atoms with E-state index in [4.69, 9.17) is 32.9 Å². The monoisotopic (exact) mass is 1240 g/mol. The molecule has 4 fully saturated rings. The van der Waals surface area contributed by atoms with E-state index < -0.39 is 50.1 Å². The zero-order valence-electron chi connectivity index (χ0n) is 54.3. The molecule has 21 nitrogen and oxygen atoms in total. The SMILES string of the molecule is CCn1nccc1C(=O)N[C@H](C(=O)Nc1ccc(-c2c(C)nn(COP(=O)(OC(C)(C)C)OC(C)(C)C)c2C)cc1)C(C1CC1)C1CC1.Cc1nn(COP(=O)(OC(C)(C)C)OC(C)(C)C)c(C)c1-c1ccc(NC(=O)[C@@H](N)C(C2CC2)C2CC2)cc1. The number of carbonyl (C=O) groups excluding carboxylic acids is 3. The smallest absolute Gasteiger partial charge is 0.339 e. The number of rotatable bonds is 25. The van der Waals surface area contributed by atoms with Gasteiger partial charge in [0.2, 0.25) is 11.8 Å². The molecule has 23 heteroatoms. The molecule has 87 heavy (non-hydrogen) atoms. The third kappa shape index (κ3) is 18.9. The highest BCUT2D eigenvalue weighted by atomic mass is 31.2. The number of aryl methyl sites for hydroxylation is 3. The van der Waals surface area contributed by atoms with Crippen LogP contribution in [0.15, 0.2) is 60.8 Å². The summed E-state index contributed by atoms with van der Waals surface area (Å²) in [5.74, 6) is 1.95. The number of carbonyl (C=O) groups is 3. The molecule has 3 aromatic heterocycles. The zero-order valence-corrected chi connectivity index (χ0v) is 56.1. The first-order chi connectivity index (χ1) is 40.5. The highest BCUT2D eigenvalue weighted by Crippen LogP contribution is 2.57. The number of nitrogens with two attached hydrogens (primary N) is 1. The number of phosphoric acid groups is 2. The van der Waals surface area contributed by atoms with E-state index in [2.05, 4.69) is 31.2 Å². The average Bonchev–Trinajstić information content (AvgIpc) is 1.83. The Labute approximate surface area is 514 Å². The Hall–Kier alpha value is -5.34. The van der Waals surface area contributed by atoms with Gasteiger partial charge in [0, 0.05) is 46.6 Å². The fourth-order valence-electron chi connectivity index (χ4n) is 11.4. The third-order valence-electron chi connectivity index (χ3n) is 15.4. The molecule has 9 rings (SSSR count). The number of benzene rings is 2. The second-order valence-electron chi connectivity index (χ2n) is 28.0. The fraction of sp³-hybridized carbons (Fsp3) is 0.625. The van der Waals surface area contributed by atoms with Crippen LogP contribution in [0.3, 0.4) is 0 Å². The van der Waals surface area contributed by atoms with E-state index >= 15 is 0 Å². The Balaban J connectivity index is 0.000000231. The van der Waals surface area contributed by atoms with E-state index in [-0.39, 0.29) is 37.1 Å². The van der Waals surface area contributed by atoms with E-state index in [0.29, 0.717) is 47.5 Å². The van der Waals surface area contributed by atoms with Crippen molar-refractivity contribution in [1.82, 2.24) is 34.7 Å². The van der Waals surface area contributed by atoms with Crippen molar-refractivity contribution in [3.8, 4) is 22.3 Å². The highest BCUT2D eigenvalue weighted by molar-refractivity contribution is 7.48. The van der Waals surface area contributed by atoms with E-state index in [1.54, 1.807) is 109 Å². The zero-order chi connectivity index (χ0) is 63.8. The predicted octanol–water partition coefficient (Wildman–Crippen LogP) is 13.9. The van der Waals surface area contributed by atoms with Crippen LogP contribution in [0, 0.1) is 63.2 Å². The van der Waals surface area contributed by atoms with Crippen LogP contribution < -0.4 is 21.7 Å². The lowest BCUT2D eigenvalue weighted by Crippen LogP contribution is -2.50. The van der Waals surface area contributed by atoms with Crippen LogP contribution >= 0.6 is 15.6 Å². The first-order valence-corrected chi connectivity index (χ1v) is 33.8. The van der Waals surface area contributed by atoms with Crippen molar-refractivity contribution in [2.24, 2.45) is 41.2 Å². The van der Waals surface area contributed by atoms with Crippen molar-refractivity contribution in [1.29, 1.82) is 0 Å². The number of aromatic nitrogens is 6. The maximum Gasteiger partial charge on any atom is 0.477 e. The number of anilines is 2. The van der Waals surface area contributed by atoms with Crippen LogP contribution in [0.1, 0.15) is 175 Å². The van der Waals surface area contributed by atoms with Gasteiger partial charge in [-0.05, 0) is 246 Å². The van der Waals surface area contributed by atoms with Crippen molar-refractivity contribution in [3.05, 3.63) is 89.3 Å². The van der Waals surface area contributed by atoms with Crippen LogP contribution in [0.25, 0.3) is 22.3 Å². The van der Waals surface area contributed by atoms with Gasteiger partial charge in [-0.15, -0.1) is 0 Å². The van der Waals surface area contributed by atoms with Gasteiger partial charge in [0.1, 0.15) is 11.7 Å². The summed E-state index contributed by atoms with van der Waals surface area (Å²) in [6, 6.07) is 15.9. The van der Waals surface area contributed by atoms with Crippen molar-refractivity contribution in [2.75, 3.05) is 10.6 Å². The van der Waals surface area contributed by atoms with Crippen LogP contribution in [0.5, 0.6) is 0 Å². The van der Waals surface area contributed by atoms with Gasteiger partial charge in [0.25, 0.3) is 5.91 Å². The summed E-state index contributed by atoms with van der Waals surface area (Å²) in [4.78, 5) is 40.1. The summed E-state index contributed by atoms with van der Waals surface area (Å²) >= 11 is 0. The van der Waals surface area contributed by atoms with Crippen LogP contribution in [0.4, 0.5) is 11.4 Å². The van der Waals surface area contributed by atoms with E-state index in [1.807, 2.05) is 83.1 Å². The van der Waals surface area contributed by atoms with Gasteiger partial charge in [0.05, 0.1) is 39.8 Å². The highest BCUT2D eigenvalue weighted by Gasteiger charge is 2.49. The molecule has 0 unspecified atom stereocenters. The maximum atomic E-state index is 13.9. The number of hydrogen-bond donors (Lipinski definition) is 4. The first-order valence-electron chi connectivity index (χ1n) is 30.8. The van der Waals surface area contributed by atoms with Gasteiger partial charge in [-0.1, -0.05) is 24.3 Å². The molecule has 3 amide bonds. The standard InChI is InChI=1S/C35H51N6O6P.C29H45N4O5P/c1-10-40-28(19-20-36-40)32(42)38-31(30(25-11-12-25)26-13-14-26)33(43)37-27-17-15-24(16-18-27)29-22(2)39-41(23(29)3)21-45-48(44,46-34(4,5)6)47-35(7,8)9;1-18-24(19(2)33(32-18)17-36-39(35,37-28(3,4)5)38-29(6,7)8)20-13-15-23(16-14-20)31-27(34)26(30)25(21-9-10-21)22-11-12-22/h15-20,25-26,30-31H,10-14,21H2,1-9H3,(H,37,43)(H,38,42);13-16,21-22,25-26H,9-12,17,30H2,1-8H3,(H,31,34)/t31-;26-/m00/s1. The predicted molar refractivity (Wildman–Crippen MR) is 337 cm³/mol. The van der Waals surface area contributed by atoms with E-state index in [1.165, 1.54) is 25.7 Å². The number of phosphoric ester groups is 2. The van der Waals surface area contributed by atoms with Gasteiger partial charge < -0.3 is 21.7 Å². The normalized spacial score (nSPS) is 16.8. The summed E-state index contributed by atoms with van der Waals surface area (Å²) in [7, 11) is -7.80. The van der Waals surface area contributed by atoms with Crippen LogP contribution in [-0.4, -0.2) is 81.6 Å². The fourth-order valence-corrected chi connectivity index (χ4v) is 14.9. The molecule has 4 saturated carbocycles. The minimum atomic E-state index is -3.93. The molecule has 0 aliphatic heterocycles. The first kappa shape index (κ1) is 67.6. The second kappa shape index (κ2) is 26.6. The van der Waals surface area contributed by atoms with Crippen molar-refractivity contribution < 1.29 is 50.7 Å². The third-order valence-corrected chi connectivity index (χ3v) is 19.4. The largest absolute Gasteiger partial charge is 0.477 e. The lowest BCUT2D eigenvalue weighted by atomic mass is 9.88. The molecule has 0 spiro atoms. The molecule has 2 atom stereocenters. The van der Waals surface area contributed by atoms with Crippen LogP contribution in [0.2, 0.25) is 0 Å². The second-order valence-corrected chi connectivity index (χ2v) is 31.0. The number of nitrogens with zero attached hydrogens (tertiary/aromatic N) is 6. The molecule has 5 N–H and O–H groups in total. The Kier molecular flexibility index (Phi) is 20.7. The number of nitrogens with one attached hydrogen (secondary N) is 3. The molecule has 2 aromatic carbocycles. The summed E-state index contributed by atoms with van der Waals surface area (Å²) < 4.78 is 66.4. The maximum absolute atomic E-state index is 13.9. The lowest BCUT2D eigenvalue weighted by Gasteiger charge is -2.30. The molecule has 0 radical (unpaired) electrons. The number of amides is 3. The van der Waals surface area contributed by atoms with Gasteiger partial charge in [-0.3, -0.25) is 46.2 Å². The van der Waals surface area contributed by atoms with E-state index in [0.717, 1.165) is 76.4 Å². The molecule has 4 aliphatic rings. The van der Waals surface area contributed by atoms with Crippen LogP contribution in [-0.2, 0) is 65.9 Å². The molecule has 5 aromatic rings. The van der Waals surface area contributed by atoms with Crippen molar-refractivity contribution >= 4 is 44.7 Å². The summed E-state index contributed by atoms with van der Waals surface area (Å²) in [5, 5.41) is 22.7. The van der Waals surface area contributed by atoms with Gasteiger partial charge >= 0.3 is 15.6 Å². The molecule has 3 heterocycles. The summed E-state index contributed by atoms with van der Waals surface area (Å²) in [6.07, 6.45) is 10.7. The average molecular weight is 1240 g/mol. The molecular formula is C64H96N10O11P2. The Bertz CT molecular complexity index is 3250. The minimum Gasteiger partial charge on any atom is -0.339 e. The molecule has 478 valence electrons.